The number of rotatable bonds is 5. The molecule has 0 radical (unpaired) electrons. The normalized spacial score (nSPS) is 20.1. The van der Waals surface area contributed by atoms with Gasteiger partial charge in [0, 0.05) is 24.0 Å². The number of hydrogen-bond donors (Lipinski definition) is 1. The zero-order chi connectivity index (χ0) is 14.5. The maximum Gasteiger partial charge on any atom is 0.224 e. The Morgan fingerprint density at radius 1 is 1.55 bits per heavy atom. The molecule has 4 heteroatoms. The Morgan fingerprint density at radius 2 is 2.35 bits per heavy atom. The van der Waals surface area contributed by atoms with E-state index in [4.69, 9.17) is 11.6 Å². The highest BCUT2D eigenvalue weighted by atomic mass is 35.5. The van der Waals surface area contributed by atoms with Gasteiger partial charge in [-0.15, -0.1) is 0 Å². The molecule has 1 aromatic rings. The molecule has 3 nitrogen and oxygen atoms in total. The summed E-state index contributed by atoms with van der Waals surface area (Å²) in [4.78, 5) is 14.5. The number of benzene rings is 1. The Morgan fingerprint density at radius 3 is 3.05 bits per heavy atom. The van der Waals surface area contributed by atoms with Crippen molar-refractivity contribution in [2.75, 3.05) is 13.1 Å². The lowest BCUT2D eigenvalue weighted by atomic mass is 10.0. The molecule has 0 bridgehead atoms. The van der Waals surface area contributed by atoms with Crippen molar-refractivity contribution >= 4 is 17.5 Å². The summed E-state index contributed by atoms with van der Waals surface area (Å²) in [6.07, 6.45) is 2.66. The van der Waals surface area contributed by atoms with Gasteiger partial charge in [0.15, 0.2) is 0 Å². The highest BCUT2D eigenvalue weighted by Crippen LogP contribution is 2.33. The zero-order valence-electron chi connectivity index (χ0n) is 12.2. The summed E-state index contributed by atoms with van der Waals surface area (Å²) in [7, 11) is 0. The van der Waals surface area contributed by atoms with E-state index in [-0.39, 0.29) is 18.0 Å². The zero-order valence-corrected chi connectivity index (χ0v) is 13.0. The van der Waals surface area contributed by atoms with Crippen LogP contribution in [0.25, 0.3) is 0 Å². The van der Waals surface area contributed by atoms with Gasteiger partial charge < -0.3 is 10.2 Å². The molecule has 0 aromatic heterocycles. The summed E-state index contributed by atoms with van der Waals surface area (Å²) in [6.45, 7) is 5.87. The Bertz CT molecular complexity index is 464. The molecule has 2 unspecified atom stereocenters. The van der Waals surface area contributed by atoms with Crippen molar-refractivity contribution < 1.29 is 4.79 Å². The topological polar surface area (TPSA) is 32.3 Å². The summed E-state index contributed by atoms with van der Waals surface area (Å²) in [5.41, 5.74) is 1.15. The first kappa shape index (κ1) is 15.3. The van der Waals surface area contributed by atoms with Crippen LogP contribution in [0.3, 0.4) is 0 Å². The first-order chi connectivity index (χ1) is 9.61. The number of halogens is 1. The van der Waals surface area contributed by atoms with Crippen LogP contribution in [0, 0.1) is 0 Å². The van der Waals surface area contributed by atoms with Gasteiger partial charge in [-0.2, -0.15) is 0 Å². The van der Waals surface area contributed by atoms with Crippen LogP contribution in [0.2, 0.25) is 5.02 Å². The van der Waals surface area contributed by atoms with Crippen LogP contribution in [-0.4, -0.2) is 29.9 Å². The molecule has 110 valence electrons. The van der Waals surface area contributed by atoms with E-state index < -0.39 is 0 Å². The molecule has 1 saturated heterocycles. The highest BCUT2D eigenvalue weighted by Gasteiger charge is 2.30. The SMILES string of the molecule is CCNC(C)CC(=O)N1CCCC1c1cccc(Cl)c1. The second kappa shape index (κ2) is 7.09. The number of nitrogens with one attached hydrogen (secondary N) is 1. The quantitative estimate of drug-likeness (QED) is 0.903. The lowest BCUT2D eigenvalue weighted by Crippen LogP contribution is -2.36. The van der Waals surface area contributed by atoms with Gasteiger partial charge in [-0.3, -0.25) is 4.79 Å². The molecule has 2 rings (SSSR count). The molecule has 0 aliphatic carbocycles. The maximum absolute atomic E-state index is 12.5. The molecule has 1 fully saturated rings. The van der Waals surface area contributed by atoms with E-state index in [1.807, 2.05) is 23.1 Å². The van der Waals surface area contributed by atoms with E-state index in [1.165, 1.54) is 0 Å². The first-order valence-electron chi connectivity index (χ1n) is 7.40. The second-order valence-corrected chi connectivity index (χ2v) is 5.90. The molecular formula is C16H23ClN2O. The minimum Gasteiger partial charge on any atom is -0.336 e. The first-order valence-corrected chi connectivity index (χ1v) is 7.78. The van der Waals surface area contributed by atoms with Gasteiger partial charge in [0.25, 0.3) is 0 Å². The lowest BCUT2D eigenvalue weighted by molar-refractivity contribution is -0.132. The Hall–Kier alpha value is -1.06. The summed E-state index contributed by atoms with van der Waals surface area (Å²) < 4.78 is 0. The summed E-state index contributed by atoms with van der Waals surface area (Å²) in [6, 6.07) is 8.30. The van der Waals surface area contributed by atoms with Gasteiger partial charge in [-0.1, -0.05) is 30.7 Å². The van der Waals surface area contributed by atoms with E-state index in [0.717, 1.165) is 36.5 Å². The van der Waals surface area contributed by atoms with Gasteiger partial charge in [-0.25, -0.2) is 0 Å². The van der Waals surface area contributed by atoms with Crippen LogP contribution < -0.4 is 5.32 Å². The average molecular weight is 295 g/mol. The summed E-state index contributed by atoms with van der Waals surface area (Å²) in [5, 5.41) is 4.03. The molecule has 0 saturated carbocycles. The van der Waals surface area contributed by atoms with Crippen LogP contribution in [0.5, 0.6) is 0 Å². The number of carbonyl (C=O) groups is 1. The van der Waals surface area contributed by atoms with Crippen LogP contribution in [0.15, 0.2) is 24.3 Å². The van der Waals surface area contributed by atoms with E-state index in [0.29, 0.717) is 6.42 Å². The third kappa shape index (κ3) is 3.74. The third-order valence-electron chi connectivity index (χ3n) is 3.84. The summed E-state index contributed by atoms with van der Waals surface area (Å²) in [5.74, 6) is 0.237. The fourth-order valence-corrected chi connectivity index (χ4v) is 3.12. The van der Waals surface area contributed by atoms with Gasteiger partial charge in [0.2, 0.25) is 5.91 Å². The largest absolute Gasteiger partial charge is 0.336 e. The molecule has 1 N–H and O–H groups in total. The second-order valence-electron chi connectivity index (χ2n) is 5.46. The Labute approximate surface area is 126 Å². The van der Waals surface area contributed by atoms with E-state index in [9.17, 15) is 4.79 Å². The molecule has 1 aromatic carbocycles. The molecule has 1 amide bonds. The number of nitrogens with zero attached hydrogens (tertiary/aromatic N) is 1. The van der Waals surface area contributed by atoms with E-state index in [2.05, 4.69) is 25.2 Å². The predicted octanol–water partition coefficient (Wildman–Crippen LogP) is 3.39. The molecule has 1 aliphatic heterocycles. The van der Waals surface area contributed by atoms with Crippen LogP contribution in [0.4, 0.5) is 0 Å². The molecule has 1 heterocycles. The highest BCUT2D eigenvalue weighted by molar-refractivity contribution is 6.30. The number of hydrogen-bond acceptors (Lipinski definition) is 2. The smallest absolute Gasteiger partial charge is 0.224 e. The van der Waals surface area contributed by atoms with E-state index >= 15 is 0 Å². The van der Waals surface area contributed by atoms with Gasteiger partial charge >= 0.3 is 0 Å². The van der Waals surface area contributed by atoms with Crippen LogP contribution in [-0.2, 0) is 4.79 Å². The lowest BCUT2D eigenvalue weighted by Gasteiger charge is -2.26. The minimum absolute atomic E-state index is 0.190. The molecule has 2 atom stereocenters. The fourth-order valence-electron chi connectivity index (χ4n) is 2.93. The van der Waals surface area contributed by atoms with Crippen molar-refractivity contribution in [3.8, 4) is 0 Å². The predicted molar refractivity (Wildman–Crippen MR) is 82.9 cm³/mol. The van der Waals surface area contributed by atoms with Gasteiger partial charge in [0.1, 0.15) is 0 Å². The molecule has 1 aliphatic rings. The number of amides is 1. The minimum atomic E-state index is 0.190. The van der Waals surface area contributed by atoms with Crippen molar-refractivity contribution in [2.45, 2.75) is 45.2 Å². The molecule has 20 heavy (non-hydrogen) atoms. The van der Waals surface area contributed by atoms with Crippen LogP contribution in [0.1, 0.15) is 44.7 Å². The number of carbonyl (C=O) groups excluding carboxylic acids is 1. The molecular weight excluding hydrogens is 272 g/mol. The van der Waals surface area contributed by atoms with Gasteiger partial charge in [-0.05, 0) is 44.0 Å². The maximum atomic E-state index is 12.5. The molecule has 0 spiro atoms. The van der Waals surface area contributed by atoms with Crippen LogP contribution >= 0.6 is 11.6 Å². The standard InChI is InChI=1S/C16H23ClN2O/c1-3-18-12(2)10-16(20)19-9-5-8-15(19)13-6-4-7-14(17)11-13/h4,6-7,11-12,15,18H,3,5,8-10H2,1-2H3. The monoisotopic (exact) mass is 294 g/mol. The van der Waals surface area contributed by atoms with Crippen molar-refractivity contribution in [1.29, 1.82) is 0 Å². The third-order valence-corrected chi connectivity index (χ3v) is 4.08. The van der Waals surface area contributed by atoms with E-state index in [1.54, 1.807) is 0 Å². The Balaban J connectivity index is 2.05. The fraction of sp³-hybridized carbons (Fsp3) is 0.562. The van der Waals surface area contributed by atoms with Crippen molar-refractivity contribution in [2.24, 2.45) is 0 Å². The van der Waals surface area contributed by atoms with Crippen molar-refractivity contribution in [1.82, 2.24) is 10.2 Å². The average Bonchev–Trinajstić information content (AvgIpc) is 2.88. The van der Waals surface area contributed by atoms with Crippen molar-refractivity contribution in [3.63, 3.8) is 0 Å². The van der Waals surface area contributed by atoms with Crippen molar-refractivity contribution in [3.05, 3.63) is 34.9 Å². The Kier molecular flexibility index (Phi) is 5.44. The summed E-state index contributed by atoms with van der Waals surface area (Å²) >= 11 is 6.06. The van der Waals surface area contributed by atoms with Gasteiger partial charge in [0.05, 0.1) is 6.04 Å². The number of likely N-dealkylation sites (tertiary alicyclic amines) is 1.